The summed E-state index contributed by atoms with van der Waals surface area (Å²) in [6, 6.07) is 19.0. The van der Waals surface area contributed by atoms with Gasteiger partial charge in [0.1, 0.15) is 12.6 Å². The van der Waals surface area contributed by atoms with Crippen LogP contribution in [0.3, 0.4) is 0 Å². The van der Waals surface area contributed by atoms with Gasteiger partial charge in [-0.15, -0.1) is 0 Å². The van der Waals surface area contributed by atoms with Gasteiger partial charge >= 0.3 is 0 Å². The third kappa shape index (κ3) is 2.16. The van der Waals surface area contributed by atoms with Crippen molar-refractivity contribution in [2.75, 3.05) is 0 Å². The highest BCUT2D eigenvalue weighted by Crippen LogP contribution is 2.29. The molecule has 3 aromatic carbocycles. The average molecular weight is 336 g/mol. The molecule has 0 aliphatic carbocycles. The Morgan fingerprint density at radius 2 is 0.962 bits per heavy atom. The van der Waals surface area contributed by atoms with Crippen molar-refractivity contribution in [3.63, 3.8) is 0 Å². The minimum absolute atomic E-state index is 0.623. The van der Waals surface area contributed by atoms with Gasteiger partial charge in [-0.25, -0.2) is 9.97 Å². The molecule has 2 heterocycles. The third-order valence-electron chi connectivity index (χ3n) is 4.70. The Balaban J connectivity index is 1.91. The average Bonchev–Trinajstić information content (AvgIpc) is 2.70. The van der Waals surface area contributed by atoms with Gasteiger partial charge in [0.2, 0.25) is 0 Å². The maximum absolute atomic E-state index is 11.1. The molecule has 0 saturated carbocycles. The molecule has 0 unspecified atom stereocenters. The van der Waals surface area contributed by atoms with Gasteiger partial charge in [0.15, 0.2) is 0 Å². The van der Waals surface area contributed by atoms with Gasteiger partial charge in [0, 0.05) is 32.7 Å². The lowest BCUT2D eigenvalue weighted by Crippen LogP contribution is -1.89. The van der Waals surface area contributed by atoms with Crippen LogP contribution in [0.25, 0.3) is 43.6 Å². The number of carbonyl (C=O) groups is 2. The zero-order valence-electron chi connectivity index (χ0n) is 13.6. The first kappa shape index (κ1) is 14.7. The lowest BCUT2D eigenvalue weighted by atomic mass is 10.0. The number of carbonyl (C=O) groups excluding carboxylic acids is 2. The smallest absolute Gasteiger partial charge is 0.150 e. The highest BCUT2D eigenvalue weighted by molar-refractivity contribution is 6.11. The Morgan fingerprint density at radius 3 is 1.38 bits per heavy atom. The molecule has 0 N–H and O–H groups in total. The largest absolute Gasteiger partial charge is 0.298 e. The first-order chi connectivity index (χ1) is 12.7. The predicted octanol–water partition coefficient (Wildman–Crippen LogP) is 4.71. The SMILES string of the molecule is O=Cc1ccc2nc3ccc4nc5ccc(C=O)cc5cc4c3cc2c1. The Kier molecular flexibility index (Phi) is 3.06. The van der Waals surface area contributed by atoms with Crippen molar-refractivity contribution in [2.45, 2.75) is 0 Å². The molecule has 0 saturated heterocycles. The molecule has 0 aliphatic heterocycles. The molecule has 0 amide bonds. The molecule has 0 spiro atoms. The van der Waals surface area contributed by atoms with Crippen molar-refractivity contribution in [3.05, 3.63) is 71.8 Å². The van der Waals surface area contributed by atoms with E-state index in [0.717, 1.165) is 56.2 Å². The van der Waals surface area contributed by atoms with Gasteiger partial charge < -0.3 is 0 Å². The second-order valence-electron chi connectivity index (χ2n) is 6.32. The number of hydrogen-bond acceptors (Lipinski definition) is 4. The molecule has 5 aromatic rings. The molecule has 122 valence electrons. The molecule has 4 heteroatoms. The highest BCUT2D eigenvalue weighted by Gasteiger charge is 2.08. The normalized spacial score (nSPS) is 11.4. The monoisotopic (exact) mass is 336 g/mol. The van der Waals surface area contributed by atoms with Crippen LogP contribution in [-0.4, -0.2) is 22.5 Å². The lowest BCUT2D eigenvalue weighted by Gasteiger charge is -2.07. The fourth-order valence-electron chi connectivity index (χ4n) is 3.41. The van der Waals surface area contributed by atoms with Crippen molar-refractivity contribution in [2.24, 2.45) is 0 Å². The molecule has 0 radical (unpaired) electrons. The minimum Gasteiger partial charge on any atom is -0.298 e. The number of pyridine rings is 2. The molecule has 0 atom stereocenters. The molecule has 0 bridgehead atoms. The van der Waals surface area contributed by atoms with Gasteiger partial charge in [-0.1, -0.05) is 0 Å². The summed E-state index contributed by atoms with van der Waals surface area (Å²) in [5, 5.41) is 3.78. The summed E-state index contributed by atoms with van der Waals surface area (Å²) >= 11 is 0. The fourth-order valence-corrected chi connectivity index (χ4v) is 3.41. The number of hydrogen-bond donors (Lipinski definition) is 0. The van der Waals surface area contributed by atoms with E-state index in [0.29, 0.717) is 11.1 Å². The van der Waals surface area contributed by atoms with Crippen LogP contribution in [-0.2, 0) is 0 Å². The summed E-state index contributed by atoms with van der Waals surface area (Å²) < 4.78 is 0. The zero-order chi connectivity index (χ0) is 17.7. The summed E-state index contributed by atoms with van der Waals surface area (Å²) in [6.45, 7) is 0. The number of aldehydes is 2. The quantitative estimate of drug-likeness (QED) is 0.266. The Labute approximate surface area is 148 Å². The summed E-state index contributed by atoms with van der Waals surface area (Å²) in [5.41, 5.74) is 4.68. The molecule has 5 rings (SSSR count). The minimum atomic E-state index is 0.623. The maximum atomic E-state index is 11.1. The molecular weight excluding hydrogens is 324 g/mol. The Hall–Kier alpha value is -3.66. The lowest BCUT2D eigenvalue weighted by molar-refractivity contribution is 0.111. The number of benzene rings is 3. The third-order valence-corrected chi connectivity index (χ3v) is 4.70. The van der Waals surface area contributed by atoms with Crippen molar-refractivity contribution >= 4 is 56.2 Å². The highest BCUT2D eigenvalue weighted by atomic mass is 16.1. The van der Waals surface area contributed by atoms with E-state index >= 15 is 0 Å². The van der Waals surface area contributed by atoms with E-state index in [1.807, 2.05) is 48.5 Å². The molecule has 0 fully saturated rings. The van der Waals surface area contributed by atoms with E-state index in [1.165, 1.54) is 0 Å². The van der Waals surface area contributed by atoms with E-state index in [1.54, 1.807) is 12.1 Å². The van der Waals surface area contributed by atoms with Gasteiger partial charge in [0.25, 0.3) is 0 Å². The van der Waals surface area contributed by atoms with Crippen molar-refractivity contribution in [1.29, 1.82) is 0 Å². The Morgan fingerprint density at radius 1 is 0.538 bits per heavy atom. The second-order valence-corrected chi connectivity index (χ2v) is 6.32. The van der Waals surface area contributed by atoms with Crippen LogP contribution in [0.4, 0.5) is 0 Å². The van der Waals surface area contributed by atoms with Crippen molar-refractivity contribution in [1.82, 2.24) is 9.97 Å². The van der Waals surface area contributed by atoms with Gasteiger partial charge in [-0.3, -0.25) is 9.59 Å². The summed E-state index contributed by atoms with van der Waals surface area (Å²) in [4.78, 5) is 31.6. The van der Waals surface area contributed by atoms with Crippen LogP contribution in [0.5, 0.6) is 0 Å². The second kappa shape index (κ2) is 5.43. The number of nitrogens with zero attached hydrogens (tertiary/aromatic N) is 2. The van der Waals surface area contributed by atoms with Gasteiger partial charge in [0.05, 0.1) is 22.1 Å². The van der Waals surface area contributed by atoms with Crippen LogP contribution in [0, 0.1) is 0 Å². The van der Waals surface area contributed by atoms with Crippen LogP contribution in [0.15, 0.2) is 60.7 Å². The van der Waals surface area contributed by atoms with E-state index in [-0.39, 0.29) is 0 Å². The first-order valence-electron chi connectivity index (χ1n) is 8.23. The van der Waals surface area contributed by atoms with Crippen LogP contribution < -0.4 is 0 Å². The fraction of sp³-hybridized carbons (Fsp3) is 0. The first-order valence-corrected chi connectivity index (χ1v) is 8.23. The van der Waals surface area contributed by atoms with Gasteiger partial charge in [-0.2, -0.15) is 0 Å². The molecule has 0 aliphatic rings. The van der Waals surface area contributed by atoms with E-state index < -0.39 is 0 Å². The van der Waals surface area contributed by atoms with Crippen LogP contribution in [0.2, 0.25) is 0 Å². The van der Waals surface area contributed by atoms with E-state index in [2.05, 4.69) is 0 Å². The Bertz CT molecular complexity index is 1270. The molecule has 4 nitrogen and oxygen atoms in total. The van der Waals surface area contributed by atoms with Crippen LogP contribution >= 0.6 is 0 Å². The van der Waals surface area contributed by atoms with E-state index in [9.17, 15) is 9.59 Å². The number of fused-ring (bicyclic) bond motifs is 5. The predicted molar refractivity (Wildman–Crippen MR) is 103 cm³/mol. The zero-order valence-corrected chi connectivity index (χ0v) is 13.6. The van der Waals surface area contributed by atoms with Crippen LogP contribution in [0.1, 0.15) is 20.7 Å². The molecular formula is C22H12N2O2. The van der Waals surface area contributed by atoms with Crippen molar-refractivity contribution in [3.8, 4) is 0 Å². The van der Waals surface area contributed by atoms with Crippen molar-refractivity contribution < 1.29 is 9.59 Å². The summed E-state index contributed by atoms with van der Waals surface area (Å²) in [5.74, 6) is 0. The molecule has 2 aromatic heterocycles. The molecule has 26 heavy (non-hydrogen) atoms. The van der Waals surface area contributed by atoms with Gasteiger partial charge in [-0.05, 0) is 60.7 Å². The number of rotatable bonds is 2. The van der Waals surface area contributed by atoms with E-state index in [4.69, 9.17) is 9.97 Å². The maximum Gasteiger partial charge on any atom is 0.150 e. The standard InChI is InChI=1S/C22H12N2O2/c25-11-13-1-3-19-15(7-13)9-17-18-10-16-8-14(12-26)2-4-20(16)24-22(18)6-5-21(17)23-19/h1-12H. The number of aromatic nitrogens is 2. The summed E-state index contributed by atoms with van der Waals surface area (Å²) in [6.07, 6.45) is 1.67. The summed E-state index contributed by atoms with van der Waals surface area (Å²) in [7, 11) is 0. The topological polar surface area (TPSA) is 59.9 Å².